The Morgan fingerprint density at radius 3 is 2.70 bits per heavy atom. The molecule has 2 amide bonds. The largest absolute Gasteiger partial charge is 0.481 e. The van der Waals surface area contributed by atoms with Crippen molar-refractivity contribution in [3.63, 3.8) is 0 Å². The highest BCUT2D eigenvalue weighted by Gasteiger charge is 2.16. The highest BCUT2D eigenvalue weighted by atomic mass is 79.9. The average molecular weight is 387 g/mol. The first kappa shape index (κ1) is 17.7. The molecule has 1 saturated carbocycles. The third-order valence-electron chi connectivity index (χ3n) is 3.65. The van der Waals surface area contributed by atoms with Crippen molar-refractivity contribution in [1.82, 2.24) is 10.6 Å². The maximum atomic E-state index is 13.5. The van der Waals surface area contributed by atoms with Gasteiger partial charge >= 0.3 is 0 Å². The molecular formula is C16H20BrFN2O3. The zero-order valence-electron chi connectivity index (χ0n) is 12.7. The molecule has 1 fully saturated rings. The van der Waals surface area contributed by atoms with Gasteiger partial charge in [0.25, 0.3) is 5.91 Å². The van der Waals surface area contributed by atoms with E-state index in [1.165, 1.54) is 12.1 Å². The van der Waals surface area contributed by atoms with Crippen molar-refractivity contribution in [1.29, 1.82) is 0 Å². The van der Waals surface area contributed by atoms with Gasteiger partial charge in [-0.1, -0.05) is 28.8 Å². The molecule has 0 saturated heterocycles. The summed E-state index contributed by atoms with van der Waals surface area (Å²) in [5.74, 6) is -0.969. The van der Waals surface area contributed by atoms with Crippen LogP contribution < -0.4 is 15.4 Å². The highest BCUT2D eigenvalue weighted by Crippen LogP contribution is 2.21. The third-order valence-corrected chi connectivity index (χ3v) is 4.14. The molecule has 2 N–H and O–H groups in total. The summed E-state index contributed by atoms with van der Waals surface area (Å²) >= 11 is 3.14. The number of ether oxygens (including phenoxy) is 1. The lowest BCUT2D eigenvalue weighted by Gasteiger charge is -2.12. The maximum absolute atomic E-state index is 13.5. The van der Waals surface area contributed by atoms with Crippen molar-refractivity contribution < 1.29 is 18.7 Å². The molecule has 1 aliphatic carbocycles. The molecule has 23 heavy (non-hydrogen) atoms. The van der Waals surface area contributed by atoms with E-state index in [1.54, 1.807) is 6.07 Å². The van der Waals surface area contributed by atoms with E-state index in [0.717, 1.165) is 25.7 Å². The van der Waals surface area contributed by atoms with Crippen LogP contribution in [0.15, 0.2) is 22.7 Å². The molecule has 5 nitrogen and oxygen atoms in total. The van der Waals surface area contributed by atoms with Crippen molar-refractivity contribution in [3.8, 4) is 5.75 Å². The fourth-order valence-corrected chi connectivity index (χ4v) is 2.81. The topological polar surface area (TPSA) is 67.4 Å². The van der Waals surface area contributed by atoms with Gasteiger partial charge in [0.1, 0.15) is 0 Å². The summed E-state index contributed by atoms with van der Waals surface area (Å²) < 4.78 is 19.2. The second-order valence-corrected chi connectivity index (χ2v) is 6.43. The van der Waals surface area contributed by atoms with Crippen molar-refractivity contribution in [2.75, 3.05) is 13.2 Å². The maximum Gasteiger partial charge on any atom is 0.257 e. The molecule has 0 bridgehead atoms. The predicted octanol–water partition coefficient (Wildman–Crippen LogP) is 2.53. The van der Waals surface area contributed by atoms with Gasteiger partial charge < -0.3 is 15.4 Å². The molecule has 0 heterocycles. The molecule has 0 spiro atoms. The van der Waals surface area contributed by atoms with Gasteiger partial charge in [0.05, 0.1) is 0 Å². The molecule has 0 radical (unpaired) electrons. The third kappa shape index (κ3) is 6.17. The molecular weight excluding hydrogens is 367 g/mol. The highest BCUT2D eigenvalue weighted by molar-refractivity contribution is 9.10. The number of carbonyl (C=O) groups excluding carboxylic acids is 2. The van der Waals surface area contributed by atoms with Gasteiger partial charge in [0, 0.05) is 23.5 Å². The number of benzene rings is 1. The van der Waals surface area contributed by atoms with Gasteiger partial charge in [0.15, 0.2) is 18.2 Å². The minimum atomic E-state index is -0.539. The van der Waals surface area contributed by atoms with Crippen molar-refractivity contribution in [2.45, 2.75) is 38.1 Å². The second-order valence-electron chi connectivity index (χ2n) is 5.51. The van der Waals surface area contributed by atoms with Crippen molar-refractivity contribution >= 4 is 27.7 Å². The Labute approximate surface area is 143 Å². The molecule has 7 heteroatoms. The molecule has 1 aromatic rings. The zero-order chi connectivity index (χ0) is 16.7. The van der Waals surface area contributed by atoms with E-state index in [-0.39, 0.29) is 43.2 Å². The van der Waals surface area contributed by atoms with Gasteiger partial charge in [0.2, 0.25) is 5.91 Å². The molecule has 1 aromatic carbocycles. The van der Waals surface area contributed by atoms with Gasteiger partial charge in [-0.15, -0.1) is 0 Å². The number of rotatable bonds is 7. The van der Waals surface area contributed by atoms with E-state index in [4.69, 9.17) is 4.74 Å². The number of hydrogen-bond donors (Lipinski definition) is 2. The summed E-state index contributed by atoms with van der Waals surface area (Å²) in [6.45, 7) is -0.0492. The number of nitrogens with one attached hydrogen (secondary N) is 2. The van der Waals surface area contributed by atoms with Crippen LogP contribution in [0.1, 0.15) is 32.1 Å². The molecule has 2 rings (SSSR count). The van der Waals surface area contributed by atoms with Crippen molar-refractivity contribution in [2.24, 2.45) is 0 Å². The number of amides is 2. The minimum Gasteiger partial charge on any atom is -0.481 e. The van der Waals surface area contributed by atoms with Gasteiger partial charge in [-0.25, -0.2) is 4.39 Å². The average Bonchev–Trinajstić information content (AvgIpc) is 2.99. The van der Waals surface area contributed by atoms with E-state index in [1.807, 2.05) is 0 Å². The van der Waals surface area contributed by atoms with Crippen LogP contribution in [0.4, 0.5) is 4.39 Å². The summed E-state index contributed by atoms with van der Waals surface area (Å²) in [6.07, 6.45) is 4.61. The monoisotopic (exact) mass is 386 g/mol. The minimum absolute atomic E-state index is 0.0160. The standard InChI is InChI=1S/C16H20BrFN2O3/c17-11-5-6-14(13(18)9-11)23-10-16(22)19-8-7-15(21)20-12-3-1-2-4-12/h5-6,9,12H,1-4,7-8,10H2,(H,19,22)(H,20,21). The van der Waals surface area contributed by atoms with Crippen molar-refractivity contribution in [3.05, 3.63) is 28.5 Å². The van der Waals surface area contributed by atoms with E-state index >= 15 is 0 Å². The summed E-state index contributed by atoms with van der Waals surface area (Å²) in [7, 11) is 0. The Hall–Kier alpha value is -1.63. The number of carbonyl (C=O) groups is 2. The molecule has 0 aliphatic heterocycles. The molecule has 0 aromatic heterocycles. The molecule has 126 valence electrons. The van der Waals surface area contributed by atoms with Crippen LogP contribution in [0.3, 0.4) is 0 Å². The first-order valence-corrected chi connectivity index (χ1v) is 8.48. The fourth-order valence-electron chi connectivity index (χ4n) is 2.47. The van der Waals surface area contributed by atoms with Crippen LogP contribution in [0, 0.1) is 5.82 Å². The van der Waals surface area contributed by atoms with Crippen LogP contribution >= 0.6 is 15.9 Å². The fraction of sp³-hybridized carbons (Fsp3) is 0.500. The Morgan fingerprint density at radius 2 is 2.00 bits per heavy atom. The van der Waals surface area contributed by atoms with Crippen LogP contribution in [-0.4, -0.2) is 31.0 Å². The predicted molar refractivity (Wildman–Crippen MR) is 87.6 cm³/mol. The Kier molecular flexibility index (Phi) is 6.83. The van der Waals surface area contributed by atoms with E-state index in [2.05, 4.69) is 26.6 Å². The number of hydrogen-bond acceptors (Lipinski definition) is 3. The van der Waals surface area contributed by atoms with Crippen LogP contribution in [0.5, 0.6) is 5.75 Å². The van der Waals surface area contributed by atoms with E-state index in [9.17, 15) is 14.0 Å². The quantitative estimate of drug-likeness (QED) is 0.756. The SMILES string of the molecule is O=C(COc1ccc(Br)cc1F)NCCC(=O)NC1CCCC1. The zero-order valence-corrected chi connectivity index (χ0v) is 14.3. The Balaban J connectivity index is 1.62. The lowest BCUT2D eigenvalue weighted by atomic mass is 10.2. The lowest BCUT2D eigenvalue weighted by molar-refractivity contribution is -0.123. The summed E-state index contributed by atoms with van der Waals surface area (Å²) in [5.41, 5.74) is 0. The van der Waals surface area contributed by atoms with Gasteiger partial charge in [-0.3, -0.25) is 9.59 Å². The van der Waals surface area contributed by atoms with Gasteiger partial charge in [-0.2, -0.15) is 0 Å². The second kappa shape index (κ2) is 8.86. The lowest BCUT2D eigenvalue weighted by Crippen LogP contribution is -2.36. The molecule has 0 unspecified atom stereocenters. The number of halogens is 2. The van der Waals surface area contributed by atoms with E-state index < -0.39 is 5.82 Å². The summed E-state index contributed by atoms with van der Waals surface area (Å²) in [4.78, 5) is 23.3. The molecule has 1 aliphatic rings. The van der Waals surface area contributed by atoms with Gasteiger partial charge in [-0.05, 0) is 31.0 Å². The Bertz CT molecular complexity index is 562. The van der Waals surface area contributed by atoms with Crippen LogP contribution in [0.25, 0.3) is 0 Å². The first-order valence-electron chi connectivity index (χ1n) is 7.68. The Morgan fingerprint density at radius 1 is 1.26 bits per heavy atom. The normalized spacial score (nSPS) is 14.5. The van der Waals surface area contributed by atoms with Crippen LogP contribution in [0.2, 0.25) is 0 Å². The van der Waals surface area contributed by atoms with Crippen LogP contribution in [-0.2, 0) is 9.59 Å². The van der Waals surface area contributed by atoms with E-state index in [0.29, 0.717) is 4.47 Å². The summed E-state index contributed by atoms with van der Waals surface area (Å²) in [5, 5.41) is 5.53. The summed E-state index contributed by atoms with van der Waals surface area (Å²) in [6, 6.07) is 4.62. The smallest absolute Gasteiger partial charge is 0.257 e. The molecule has 0 atom stereocenters. The first-order chi connectivity index (χ1) is 11.0.